The molecule has 116 valence electrons. The first-order valence-electron chi connectivity index (χ1n) is 5.66. The van der Waals surface area contributed by atoms with E-state index in [4.69, 9.17) is 9.84 Å². The van der Waals surface area contributed by atoms with Crippen molar-refractivity contribution in [2.24, 2.45) is 5.28 Å². The van der Waals surface area contributed by atoms with Crippen LogP contribution < -0.4 is 0 Å². The number of nitrogens with zero attached hydrogens (tertiary/aromatic N) is 3. The zero-order chi connectivity index (χ0) is 15.9. The van der Waals surface area contributed by atoms with Crippen LogP contribution in [0.25, 0.3) is 0 Å². The first kappa shape index (κ1) is 17.7. The summed E-state index contributed by atoms with van der Waals surface area (Å²) in [6, 6.07) is -1.09. The zero-order valence-electron chi connectivity index (χ0n) is 12.0. The highest BCUT2D eigenvalue weighted by Gasteiger charge is 2.23. The summed E-state index contributed by atoms with van der Waals surface area (Å²) in [6.07, 6.45) is -0.975. The van der Waals surface area contributed by atoms with Crippen LogP contribution in [0.3, 0.4) is 0 Å². The van der Waals surface area contributed by atoms with Crippen LogP contribution in [0.15, 0.2) is 5.28 Å². The Hall–Kier alpha value is -2.26. The predicted molar refractivity (Wildman–Crippen MR) is 64.2 cm³/mol. The summed E-state index contributed by atoms with van der Waals surface area (Å²) < 4.78 is 9.28. The van der Waals surface area contributed by atoms with Crippen LogP contribution in [0, 0.1) is 5.21 Å². The molecule has 1 atom stereocenters. The third-order valence-corrected chi connectivity index (χ3v) is 1.93. The number of ether oxygens (including phenoxy) is 2. The molecule has 0 aliphatic carbocycles. The average molecular weight is 293 g/mol. The lowest BCUT2D eigenvalue weighted by atomic mass is 10.2. The first-order chi connectivity index (χ1) is 9.04. The molecule has 0 bridgehead atoms. The zero-order valence-corrected chi connectivity index (χ0v) is 12.0. The van der Waals surface area contributed by atoms with Crippen LogP contribution in [-0.2, 0) is 19.1 Å². The maximum atomic E-state index is 11.3. The Balaban J connectivity index is 4.13. The lowest BCUT2D eigenvalue weighted by Gasteiger charge is -2.18. The monoisotopic (exact) mass is 293 g/mol. The Morgan fingerprint density at radius 1 is 1.45 bits per heavy atom. The van der Waals surface area contributed by atoms with Crippen molar-refractivity contribution < 1.29 is 34.0 Å². The predicted octanol–water partition coefficient (Wildman–Crippen LogP) is 1.11. The minimum Gasteiger partial charge on any atom is -0.569 e. The molecular formula is C10H19N3O7. The summed E-state index contributed by atoms with van der Waals surface area (Å²) >= 11 is 0. The molecule has 0 amide bonds. The van der Waals surface area contributed by atoms with Gasteiger partial charge in [-0.05, 0) is 27.7 Å². The van der Waals surface area contributed by atoms with Gasteiger partial charge in [0.05, 0.1) is 12.0 Å². The number of hydrogen-bond donors (Lipinski definition) is 1. The van der Waals surface area contributed by atoms with Crippen LogP contribution >= 0.6 is 0 Å². The molecule has 0 aromatic heterocycles. The molecule has 0 aromatic carbocycles. The number of carbonyl (C=O) groups excluding carboxylic acids is 1. The summed E-state index contributed by atoms with van der Waals surface area (Å²) in [6.45, 7) is 5.62. The number of hydrogen-bond acceptors (Lipinski definition) is 7. The van der Waals surface area contributed by atoms with Gasteiger partial charge in [0.2, 0.25) is 5.28 Å². The Bertz CT molecular complexity index is 378. The van der Waals surface area contributed by atoms with Gasteiger partial charge in [-0.1, -0.05) is 0 Å². The van der Waals surface area contributed by atoms with E-state index >= 15 is 0 Å². The SMILES string of the molecule is C[C@@H](C(=O)O)N(C)[N+]([O-])=NOCOC(=O)OC(C)(C)C. The van der Waals surface area contributed by atoms with Crippen molar-refractivity contribution in [3.8, 4) is 0 Å². The highest BCUT2D eigenvalue weighted by molar-refractivity contribution is 5.72. The Labute approximate surface area is 116 Å². The van der Waals surface area contributed by atoms with E-state index < -0.39 is 30.6 Å². The van der Waals surface area contributed by atoms with Gasteiger partial charge in [0, 0.05) is 0 Å². The second-order valence-electron chi connectivity index (χ2n) is 4.78. The third-order valence-electron chi connectivity index (χ3n) is 1.93. The average Bonchev–Trinajstić information content (AvgIpc) is 2.30. The molecule has 0 aliphatic rings. The van der Waals surface area contributed by atoms with Gasteiger partial charge in [0.15, 0.2) is 6.04 Å². The Kier molecular flexibility index (Phi) is 6.53. The fraction of sp³-hybridized carbons (Fsp3) is 0.800. The molecule has 10 nitrogen and oxygen atoms in total. The van der Waals surface area contributed by atoms with Crippen LogP contribution in [-0.4, -0.2) is 52.7 Å². The molecule has 0 rings (SSSR count). The van der Waals surface area contributed by atoms with E-state index in [1.165, 1.54) is 14.0 Å². The van der Waals surface area contributed by atoms with Crippen molar-refractivity contribution in [3.63, 3.8) is 0 Å². The second kappa shape index (κ2) is 7.36. The molecule has 0 unspecified atom stereocenters. The van der Waals surface area contributed by atoms with E-state index in [1.54, 1.807) is 20.8 Å². The molecule has 0 saturated heterocycles. The molecule has 0 radical (unpaired) electrons. The molecule has 0 aliphatic heterocycles. The maximum absolute atomic E-state index is 11.3. The van der Waals surface area contributed by atoms with Crippen molar-refractivity contribution in [1.82, 2.24) is 5.01 Å². The summed E-state index contributed by atoms with van der Waals surface area (Å²) in [5.74, 6) is -1.20. The fourth-order valence-corrected chi connectivity index (χ4v) is 0.792. The van der Waals surface area contributed by atoms with Crippen molar-refractivity contribution in [3.05, 3.63) is 5.21 Å². The van der Waals surface area contributed by atoms with Gasteiger partial charge >= 0.3 is 12.1 Å². The maximum Gasteiger partial charge on any atom is 0.511 e. The first-order valence-corrected chi connectivity index (χ1v) is 5.66. The quantitative estimate of drug-likeness (QED) is 0.193. The van der Waals surface area contributed by atoms with E-state index in [9.17, 15) is 14.8 Å². The number of aliphatic carboxylic acids is 1. The van der Waals surface area contributed by atoms with Crippen LogP contribution in [0.4, 0.5) is 4.79 Å². The van der Waals surface area contributed by atoms with Crippen LogP contribution in [0.2, 0.25) is 0 Å². The lowest BCUT2D eigenvalue weighted by Crippen LogP contribution is -2.40. The van der Waals surface area contributed by atoms with Gasteiger partial charge in [-0.15, -0.1) is 5.01 Å². The van der Waals surface area contributed by atoms with Crippen molar-refractivity contribution >= 4 is 12.1 Å². The van der Waals surface area contributed by atoms with E-state index in [-0.39, 0.29) is 4.97 Å². The highest BCUT2D eigenvalue weighted by atomic mass is 16.8. The fourth-order valence-electron chi connectivity index (χ4n) is 0.792. The molecule has 0 heterocycles. The molecule has 0 fully saturated rings. The molecule has 0 saturated carbocycles. The summed E-state index contributed by atoms with van der Waals surface area (Å²) in [7, 11) is 1.22. The number of rotatable bonds is 6. The van der Waals surface area contributed by atoms with Gasteiger partial charge in [-0.25, -0.2) is 9.59 Å². The third kappa shape index (κ3) is 7.24. The van der Waals surface area contributed by atoms with Crippen molar-refractivity contribution in [1.29, 1.82) is 0 Å². The van der Waals surface area contributed by atoms with Gasteiger partial charge in [-0.3, -0.25) is 0 Å². The van der Waals surface area contributed by atoms with E-state index in [1.807, 2.05) is 0 Å². The molecule has 20 heavy (non-hydrogen) atoms. The van der Waals surface area contributed by atoms with Crippen molar-refractivity contribution in [2.45, 2.75) is 39.3 Å². The van der Waals surface area contributed by atoms with Gasteiger partial charge in [0.25, 0.3) is 6.79 Å². The second-order valence-corrected chi connectivity index (χ2v) is 4.78. The normalized spacial score (nSPS) is 13.3. The topological polar surface area (TPSA) is 124 Å². The molecule has 1 N–H and O–H groups in total. The molecule has 0 aromatic rings. The minimum absolute atomic E-state index is 0.0722. The minimum atomic E-state index is -1.20. The summed E-state index contributed by atoms with van der Waals surface area (Å²) in [5.41, 5.74) is -0.712. The van der Waals surface area contributed by atoms with E-state index in [0.717, 1.165) is 5.01 Å². The lowest BCUT2D eigenvalue weighted by molar-refractivity contribution is -0.710. The molecule has 0 spiro atoms. The Morgan fingerprint density at radius 3 is 2.45 bits per heavy atom. The molecular weight excluding hydrogens is 274 g/mol. The van der Waals surface area contributed by atoms with E-state index in [0.29, 0.717) is 0 Å². The standard InChI is InChI=1S/C10H19N3O7/c1-7(8(14)15)12(5)13(17)11-19-6-18-9(16)20-10(2,3)4/h7H,6H2,1-5H3,(H,14,15)/t7-/m0/s1. The number of carbonyl (C=O) groups is 2. The largest absolute Gasteiger partial charge is 0.569 e. The van der Waals surface area contributed by atoms with Crippen LogP contribution in [0.1, 0.15) is 27.7 Å². The number of hydrazine groups is 1. The highest BCUT2D eigenvalue weighted by Crippen LogP contribution is 2.07. The summed E-state index contributed by atoms with van der Waals surface area (Å²) in [5, 5.41) is 23.7. The van der Waals surface area contributed by atoms with Gasteiger partial charge in [0.1, 0.15) is 5.60 Å². The van der Waals surface area contributed by atoms with Gasteiger partial charge in [-0.2, -0.15) is 0 Å². The molecule has 10 heteroatoms. The number of likely N-dealkylation sites (N-methyl/N-ethyl adjacent to an activating group) is 1. The Morgan fingerprint density at radius 2 is 2.00 bits per heavy atom. The van der Waals surface area contributed by atoms with Gasteiger partial charge < -0.3 is 24.6 Å². The smallest absolute Gasteiger partial charge is 0.511 e. The number of carboxylic acids is 1. The van der Waals surface area contributed by atoms with Crippen LogP contribution in [0.5, 0.6) is 0 Å². The summed E-state index contributed by atoms with van der Waals surface area (Å²) in [4.78, 5) is 26.1. The van der Waals surface area contributed by atoms with E-state index in [2.05, 4.69) is 14.9 Å². The number of carboxylic acid groups (broad SMARTS) is 1. The van der Waals surface area contributed by atoms with Crippen molar-refractivity contribution in [2.75, 3.05) is 13.8 Å².